The molecule has 25 heavy (non-hydrogen) atoms. The first-order valence-electron chi connectivity index (χ1n) is 8.42. The van der Waals surface area contributed by atoms with Gasteiger partial charge in [-0.15, -0.1) is 0 Å². The van der Waals surface area contributed by atoms with Crippen LogP contribution < -0.4 is 15.1 Å². The maximum Gasteiger partial charge on any atom is 0.279 e. The second-order valence-corrected chi connectivity index (χ2v) is 6.35. The second kappa shape index (κ2) is 7.61. The average Bonchev–Trinajstić information content (AvgIpc) is 2.60. The third-order valence-electron chi connectivity index (χ3n) is 4.56. The van der Waals surface area contributed by atoms with E-state index in [9.17, 15) is 13.6 Å². The van der Waals surface area contributed by atoms with Crippen LogP contribution in [0.2, 0.25) is 0 Å². The van der Waals surface area contributed by atoms with Gasteiger partial charge in [0.25, 0.3) is 5.91 Å². The molecule has 1 fully saturated rings. The first-order valence-corrected chi connectivity index (χ1v) is 8.42. The summed E-state index contributed by atoms with van der Waals surface area (Å²) in [6.07, 6.45) is 0. The standard InChI is InChI=1S/C19H21F2N3O/c1-14-5-2-3-8-17(14)24-11-9-23(10-12-24)13-18(25)22-19-15(20)6-4-7-16(19)21/h2-8H,9-13H2,1H3,(H,22,25)/p+1. The summed E-state index contributed by atoms with van der Waals surface area (Å²) in [5.41, 5.74) is 2.09. The van der Waals surface area contributed by atoms with E-state index in [2.05, 4.69) is 29.3 Å². The predicted octanol–water partition coefficient (Wildman–Crippen LogP) is 1.62. The van der Waals surface area contributed by atoms with Gasteiger partial charge in [0, 0.05) is 5.69 Å². The molecule has 0 atom stereocenters. The first-order chi connectivity index (χ1) is 12.0. The Morgan fingerprint density at radius 2 is 1.72 bits per heavy atom. The maximum absolute atomic E-state index is 13.6. The molecule has 2 aromatic carbocycles. The van der Waals surface area contributed by atoms with Crippen molar-refractivity contribution >= 4 is 17.3 Å². The Morgan fingerprint density at radius 1 is 1.08 bits per heavy atom. The molecule has 1 aliphatic heterocycles. The Labute approximate surface area is 146 Å². The van der Waals surface area contributed by atoms with Gasteiger partial charge >= 0.3 is 0 Å². The molecule has 1 amide bonds. The van der Waals surface area contributed by atoms with Gasteiger partial charge in [-0.05, 0) is 30.7 Å². The average molecular weight is 346 g/mol. The molecule has 4 nitrogen and oxygen atoms in total. The molecule has 0 spiro atoms. The molecular weight excluding hydrogens is 324 g/mol. The lowest BCUT2D eigenvalue weighted by Crippen LogP contribution is -3.15. The molecule has 6 heteroatoms. The molecule has 0 radical (unpaired) electrons. The van der Waals surface area contributed by atoms with Crippen LogP contribution in [0.15, 0.2) is 42.5 Å². The van der Waals surface area contributed by atoms with Gasteiger partial charge in [0.1, 0.15) is 17.3 Å². The highest BCUT2D eigenvalue weighted by Crippen LogP contribution is 2.19. The summed E-state index contributed by atoms with van der Waals surface area (Å²) in [5.74, 6) is -1.89. The van der Waals surface area contributed by atoms with Crippen molar-refractivity contribution in [3.8, 4) is 0 Å². The largest absolute Gasteiger partial charge is 0.360 e. The number of anilines is 2. The number of halogens is 2. The van der Waals surface area contributed by atoms with E-state index < -0.39 is 11.6 Å². The fraction of sp³-hybridized carbons (Fsp3) is 0.316. The third kappa shape index (κ3) is 4.14. The number of nitrogens with zero attached hydrogens (tertiary/aromatic N) is 1. The zero-order valence-electron chi connectivity index (χ0n) is 14.2. The summed E-state index contributed by atoms with van der Waals surface area (Å²) in [6.45, 7) is 5.60. The van der Waals surface area contributed by atoms with Gasteiger partial charge in [-0.25, -0.2) is 8.78 Å². The van der Waals surface area contributed by atoms with Crippen molar-refractivity contribution in [1.82, 2.24) is 0 Å². The highest BCUT2D eigenvalue weighted by Gasteiger charge is 2.23. The number of hydrogen-bond acceptors (Lipinski definition) is 2. The molecule has 1 aliphatic rings. The monoisotopic (exact) mass is 346 g/mol. The molecule has 0 saturated carbocycles. The molecule has 132 valence electrons. The molecule has 1 saturated heterocycles. The fourth-order valence-electron chi connectivity index (χ4n) is 3.19. The lowest BCUT2D eigenvalue weighted by atomic mass is 10.1. The third-order valence-corrected chi connectivity index (χ3v) is 4.56. The van der Waals surface area contributed by atoms with Crippen LogP contribution >= 0.6 is 0 Å². The molecule has 0 aliphatic carbocycles. The van der Waals surface area contributed by atoms with Crippen molar-refractivity contribution in [2.24, 2.45) is 0 Å². The van der Waals surface area contributed by atoms with Crippen LogP contribution in [0.1, 0.15) is 5.56 Å². The number of amides is 1. The van der Waals surface area contributed by atoms with Gasteiger partial charge in [0.05, 0.1) is 26.2 Å². The van der Waals surface area contributed by atoms with Crippen molar-refractivity contribution in [3.05, 3.63) is 59.7 Å². The summed E-state index contributed by atoms with van der Waals surface area (Å²) >= 11 is 0. The number of benzene rings is 2. The first kappa shape index (κ1) is 17.4. The van der Waals surface area contributed by atoms with Gasteiger partial charge in [-0.1, -0.05) is 24.3 Å². The Hall–Kier alpha value is -2.47. The Morgan fingerprint density at radius 3 is 2.36 bits per heavy atom. The van der Waals surface area contributed by atoms with Crippen LogP contribution in [0.3, 0.4) is 0 Å². The Kier molecular flexibility index (Phi) is 5.28. The number of para-hydroxylation sites is 2. The van der Waals surface area contributed by atoms with Crippen LogP contribution in [0.25, 0.3) is 0 Å². The van der Waals surface area contributed by atoms with Crippen LogP contribution in [0.4, 0.5) is 20.2 Å². The van der Waals surface area contributed by atoms with E-state index in [-0.39, 0.29) is 18.1 Å². The van der Waals surface area contributed by atoms with Crippen LogP contribution in [-0.2, 0) is 4.79 Å². The zero-order chi connectivity index (χ0) is 17.8. The Balaban J connectivity index is 1.54. The number of aryl methyl sites for hydroxylation is 1. The minimum Gasteiger partial charge on any atom is -0.360 e. The van der Waals surface area contributed by atoms with Crippen molar-refractivity contribution in [3.63, 3.8) is 0 Å². The van der Waals surface area contributed by atoms with Crippen LogP contribution in [0.5, 0.6) is 0 Å². The smallest absolute Gasteiger partial charge is 0.279 e. The van der Waals surface area contributed by atoms with Crippen LogP contribution in [-0.4, -0.2) is 38.6 Å². The fourth-order valence-corrected chi connectivity index (χ4v) is 3.19. The van der Waals surface area contributed by atoms with E-state index in [0.717, 1.165) is 43.2 Å². The number of carbonyl (C=O) groups excluding carboxylic acids is 1. The number of quaternary nitrogens is 1. The lowest BCUT2D eigenvalue weighted by molar-refractivity contribution is -0.892. The molecule has 2 aromatic rings. The van der Waals surface area contributed by atoms with E-state index in [0.29, 0.717) is 0 Å². The highest BCUT2D eigenvalue weighted by atomic mass is 19.1. The molecule has 3 rings (SSSR count). The molecule has 1 heterocycles. The number of rotatable bonds is 4. The molecule has 0 aromatic heterocycles. The summed E-state index contributed by atoms with van der Waals surface area (Å²) in [4.78, 5) is 15.5. The topological polar surface area (TPSA) is 36.8 Å². The van der Waals surface area contributed by atoms with Crippen molar-refractivity contribution in [2.45, 2.75) is 6.92 Å². The van der Waals surface area contributed by atoms with Gasteiger partial charge in [-0.3, -0.25) is 4.79 Å². The summed E-state index contributed by atoms with van der Waals surface area (Å²) in [6, 6.07) is 11.8. The predicted molar refractivity (Wildman–Crippen MR) is 93.9 cm³/mol. The zero-order valence-corrected chi connectivity index (χ0v) is 14.2. The van der Waals surface area contributed by atoms with E-state index in [1.165, 1.54) is 17.3 Å². The SMILES string of the molecule is Cc1ccccc1N1CC[NH+](CC(=O)Nc2c(F)cccc2F)CC1. The van der Waals surface area contributed by atoms with Gasteiger partial charge in [-0.2, -0.15) is 0 Å². The van der Waals surface area contributed by atoms with E-state index >= 15 is 0 Å². The maximum atomic E-state index is 13.6. The normalized spacial score (nSPS) is 15.2. The minimum absolute atomic E-state index is 0.204. The van der Waals surface area contributed by atoms with Gasteiger partial charge in [0.15, 0.2) is 6.54 Å². The molecule has 0 unspecified atom stereocenters. The summed E-state index contributed by atoms with van der Waals surface area (Å²) in [7, 11) is 0. The summed E-state index contributed by atoms with van der Waals surface area (Å²) < 4.78 is 27.2. The van der Waals surface area contributed by atoms with E-state index in [4.69, 9.17) is 0 Å². The van der Waals surface area contributed by atoms with Crippen LogP contribution in [0, 0.1) is 18.6 Å². The number of piperazine rings is 1. The molecule has 0 bridgehead atoms. The van der Waals surface area contributed by atoms with E-state index in [1.54, 1.807) is 0 Å². The molecular formula is C19H22F2N3O+. The number of hydrogen-bond donors (Lipinski definition) is 2. The van der Waals surface area contributed by atoms with Gasteiger partial charge in [0.2, 0.25) is 0 Å². The second-order valence-electron chi connectivity index (χ2n) is 6.35. The van der Waals surface area contributed by atoms with Gasteiger partial charge < -0.3 is 15.1 Å². The molecule has 2 N–H and O–H groups in total. The Bertz CT molecular complexity index is 738. The number of carbonyl (C=O) groups is 1. The van der Waals surface area contributed by atoms with Crippen molar-refractivity contribution < 1.29 is 18.5 Å². The van der Waals surface area contributed by atoms with Crippen molar-refractivity contribution in [2.75, 3.05) is 42.9 Å². The van der Waals surface area contributed by atoms with Crippen molar-refractivity contribution in [1.29, 1.82) is 0 Å². The van der Waals surface area contributed by atoms with E-state index in [1.807, 2.05) is 12.1 Å². The quantitative estimate of drug-likeness (QED) is 0.883. The number of nitrogens with one attached hydrogen (secondary N) is 2. The summed E-state index contributed by atoms with van der Waals surface area (Å²) in [5, 5.41) is 2.35. The minimum atomic E-state index is -0.757. The lowest BCUT2D eigenvalue weighted by Gasteiger charge is -2.34. The highest BCUT2D eigenvalue weighted by molar-refractivity contribution is 5.91.